The highest BCUT2D eigenvalue weighted by Crippen LogP contribution is 2.32. The molecule has 1 fully saturated rings. The molecule has 0 bridgehead atoms. The minimum atomic E-state index is -4.90. The standard InChI is InChI=1S/C17H22F3N3O2/c1-23(16(25)17(18,19)20)10-11-4-2-6-13(8-11)22-15(24)14-7-3-5-12(14)9-21/h2,4,6,8,12,14H,3,5,7,9-10,21H2,1H3,(H,22,24)/t12-,14-/m1/s1. The Morgan fingerprint density at radius 2 is 2.04 bits per heavy atom. The van der Waals surface area contributed by atoms with Crippen LogP contribution in [0.15, 0.2) is 24.3 Å². The number of carbonyl (C=O) groups is 2. The second-order valence-corrected chi connectivity index (χ2v) is 6.38. The van der Waals surface area contributed by atoms with Crippen LogP contribution in [0.25, 0.3) is 0 Å². The molecule has 1 aliphatic carbocycles. The van der Waals surface area contributed by atoms with Crippen molar-refractivity contribution in [3.8, 4) is 0 Å². The smallest absolute Gasteiger partial charge is 0.334 e. The van der Waals surface area contributed by atoms with Gasteiger partial charge < -0.3 is 16.0 Å². The number of halogens is 3. The van der Waals surface area contributed by atoms with Gasteiger partial charge in [-0.1, -0.05) is 18.6 Å². The highest BCUT2D eigenvalue weighted by atomic mass is 19.4. The summed E-state index contributed by atoms with van der Waals surface area (Å²) in [7, 11) is 1.09. The highest BCUT2D eigenvalue weighted by molar-refractivity contribution is 5.93. The predicted octanol–water partition coefficient (Wildman–Crippen LogP) is 2.52. The number of hydrogen-bond donors (Lipinski definition) is 2. The summed E-state index contributed by atoms with van der Waals surface area (Å²) in [6.07, 6.45) is -2.22. The van der Waals surface area contributed by atoms with Crippen molar-refractivity contribution in [3.05, 3.63) is 29.8 Å². The van der Waals surface area contributed by atoms with Crippen molar-refractivity contribution >= 4 is 17.5 Å². The summed E-state index contributed by atoms with van der Waals surface area (Å²) < 4.78 is 37.3. The van der Waals surface area contributed by atoms with Gasteiger partial charge in [0.2, 0.25) is 5.91 Å². The lowest BCUT2D eigenvalue weighted by molar-refractivity contribution is -0.184. The predicted molar refractivity (Wildman–Crippen MR) is 87.5 cm³/mol. The van der Waals surface area contributed by atoms with Gasteiger partial charge in [-0.2, -0.15) is 13.2 Å². The quantitative estimate of drug-likeness (QED) is 0.850. The molecule has 0 heterocycles. The Labute approximate surface area is 144 Å². The van der Waals surface area contributed by atoms with Crippen LogP contribution in [0, 0.1) is 11.8 Å². The molecule has 0 radical (unpaired) electrons. The Balaban J connectivity index is 2.01. The number of amides is 2. The van der Waals surface area contributed by atoms with Crippen LogP contribution in [0.2, 0.25) is 0 Å². The molecule has 2 rings (SSSR count). The molecule has 0 aliphatic heterocycles. The molecule has 0 saturated heterocycles. The van der Waals surface area contributed by atoms with Gasteiger partial charge in [-0.05, 0) is 43.0 Å². The topological polar surface area (TPSA) is 75.4 Å². The van der Waals surface area contributed by atoms with Gasteiger partial charge in [-0.15, -0.1) is 0 Å². The summed E-state index contributed by atoms with van der Waals surface area (Å²) in [4.78, 5) is 24.2. The maximum atomic E-state index is 12.4. The van der Waals surface area contributed by atoms with Gasteiger partial charge in [0.15, 0.2) is 0 Å². The van der Waals surface area contributed by atoms with Crippen LogP contribution in [0.5, 0.6) is 0 Å². The largest absolute Gasteiger partial charge is 0.471 e. The third-order valence-corrected chi connectivity index (χ3v) is 4.50. The molecular weight excluding hydrogens is 335 g/mol. The molecule has 1 aromatic carbocycles. The molecule has 0 aromatic heterocycles. The number of carbonyl (C=O) groups excluding carboxylic acids is 2. The van der Waals surface area contributed by atoms with Gasteiger partial charge in [-0.3, -0.25) is 9.59 Å². The zero-order valence-corrected chi connectivity index (χ0v) is 14.0. The average Bonchev–Trinajstić information content (AvgIpc) is 3.02. The maximum Gasteiger partial charge on any atom is 0.471 e. The van der Waals surface area contributed by atoms with E-state index in [0.717, 1.165) is 26.3 Å². The molecular formula is C17H22F3N3O2. The number of nitrogens with zero attached hydrogens (tertiary/aromatic N) is 1. The summed E-state index contributed by atoms with van der Waals surface area (Å²) in [5, 5.41) is 2.80. The van der Waals surface area contributed by atoms with Crippen molar-refractivity contribution in [3.63, 3.8) is 0 Å². The van der Waals surface area contributed by atoms with E-state index in [2.05, 4.69) is 5.32 Å². The molecule has 1 saturated carbocycles. The average molecular weight is 357 g/mol. The minimum Gasteiger partial charge on any atom is -0.334 e. The van der Waals surface area contributed by atoms with Crippen LogP contribution in [0.4, 0.5) is 18.9 Å². The lowest BCUT2D eigenvalue weighted by Crippen LogP contribution is -2.37. The molecule has 25 heavy (non-hydrogen) atoms. The maximum absolute atomic E-state index is 12.4. The second kappa shape index (κ2) is 7.86. The van der Waals surface area contributed by atoms with Crippen LogP contribution < -0.4 is 11.1 Å². The Morgan fingerprint density at radius 3 is 2.68 bits per heavy atom. The number of anilines is 1. The van der Waals surface area contributed by atoms with Crippen LogP contribution in [-0.4, -0.2) is 36.5 Å². The molecule has 0 spiro atoms. The summed E-state index contributed by atoms with van der Waals surface area (Å²) in [5.74, 6) is -2.00. The lowest BCUT2D eigenvalue weighted by Gasteiger charge is -2.20. The lowest BCUT2D eigenvalue weighted by atomic mass is 9.95. The third kappa shape index (κ3) is 4.94. The molecule has 0 unspecified atom stereocenters. The van der Waals surface area contributed by atoms with E-state index >= 15 is 0 Å². The Morgan fingerprint density at radius 1 is 1.32 bits per heavy atom. The first-order chi connectivity index (χ1) is 11.7. The third-order valence-electron chi connectivity index (χ3n) is 4.50. The zero-order valence-electron chi connectivity index (χ0n) is 14.0. The van der Waals surface area contributed by atoms with Gasteiger partial charge in [0.05, 0.1) is 0 Å². The molecule has 1 aromatic rings. The summed E-state index contributed by atoms with van der Waals surface area (Å²) in [6, 6.07) is 6.48. The van der Waals surface area contributed by atoms with Crippen LogP contribution >= 0.6 is 0 Å². The molecule has 5 nitrogen and oxygen atoms in total. The van der Waals surface area contributed by atoms with E-state index in [0.29, 0.717) is 22.7 Å². The summed E-state index contributed by atoms with van der Waals surface area (Å²) in [5.41, 5.74) is 6.69. The number of nitrogens with two attached hydrogens (primary N) is 1. The van der Waals surface area contributed by atoms with Crippen molar-refractivity contribution < 1.29 is 22.8 Å². The van der Waals surface area contributed by atoms with E-state index in [1.807, 2.05) is 0 Å². The van der Waals surface area contributed by atoms with Gasteiger partial charge in [0.1, 0.15) is 0 Å². The monoisotopic (exact) mass is 357 g/mol. The first kappa shape index (κ1) is 19.2. The van der Waals surface area contributed by atoms with Gasteiger partial charge in [0, 0.05) is 25.2 Å². The van der Waals surface area contributed by atoms with Crippen molar-refractivity contribution in [1.82, 2.24) is 4.90 Å². The number of rotatable bonds is 5. The van der Waals surface area contributed by atoms with Crippen molar-refractivity contribution in [2.45, 2.75) is 32.0 Å². The van der Waals surface area contributed by atoms with E-state index in [9.17, 15) is 22.8 Å². The fourth-order valence-electron chi connectivity index (χ4n) is 3.21. The van der Waals surface area contributed by atoms with E-state index in [1.54, 1.807) is 24.3 Å². The molecule has 8 heteroatoms. The SMILES string of the molecule is CN(Cc1cccc(NC(=O)[C@@H]2CCC[C@@H]2CN)c1)C(=O)C(F)(F)F. The Hall–Kier alpha value is -2.09. The Kier molecular flexibility index (Phi) is 6.05. The summed E-state index contributed by atoms with van der Waals surface area (Å²) in [6.45, 7) is 0.263. The Bertz CT molecular complexity index is 634. The number of benzene rings is 1. The van der Waals surface area contributed by atoms with Crippen molar-refractivity contribution in [1.29, 1.82) is 0 Å². The zero-order chi connectivity index (χ0) is 18.6. The normalized spacial score (nSPS) is 20.4. The molecule has 138 valence electrons. The molecule has 2 amide bonds. The van der Waals surface area contributed by atoms with Crippen LogP contribution in [-0.2, 0) is 16.1 Å². The summed E-state index contributed by atoms with van der Waals surface area (Å²) >= 11 is 0. The van der Waals surface area contributed by atoms with Crippen LogP contribution in [0.3, 0.4) is 0 Å². The van der Waals surface area contributed by atoms with E-state index in [4.69, 9.17) is 5.73 Å². The molecule has 3 N–H and O–H groups in total. The van der Waals surface area contributed by atoms with Crippen LogP contribution in [0.1, 0.15) is 24.8 Å². The highest BCUT2D eigenvalue weighted by Gasteiger charge is 2.41. The van der Waals surface area contributed by atoms with Crippen molar-refractivity contribution in [2.24, 2.45) is 17.6 Å². The fourth-order valence-corrected chi connectivity index (χ4v) is 3.21. The van der Waals surface area contributed by atoms with Gasteiger partial charge in [0.25, 0.3) is 0 Å². The first-order valence-corrected chi connectivity index (χ1v) is 8.14. The van der Waals surface area contributed by atoms with Gasteiger partial charge >= 0.3 is 12.1 Å². The van der Waals surface area contributed by atoms with E-state index in [1.165, 1.54) is 0 Å². The molecule has 1 aliphatic rings. The number of hydrogen-bond acceptors (Lipinski definition) is 3. The van der Waals surface area contributed by atoms with Crippen molar-refractivity contribution in [2.75, 3.05) is 18.9 Å². The van der Waals surface area contributed by atoms with E-state index in [-0.39, 0.29) is 24.3 Å². The fraction of sp³-hybridized carbons (Fsp3) is 0.529. The number of alkyl halides is 3. The minimum absolute atomic E-state index is 0.121. The van der Waals surface area contributed by atoms with Gasteiger partial charge in [-0.25, -0.2) is 0 Å². The second-order valence-electron chi connectivity index (χ2n) is 6.38. The van der Waals surface area contributed by atoms with E-state index < -0.39 is 12.1 Å². The number of nitrogens with one attached hydrogen (secondary N) is 1. The first-order valence-electron chi connectivity index (χ1n) is 8.14. The molecule has 2 atom stereocenters.